The van der Waals surface area contributed by atoms with Crippen molar-refractivity contribution in [3.05, 3.63) is 29.8 Å². The van der Waals surface area contributed by atoms with Gasteiger partial charge in [-0.25, -0.2) is 0 Å². The van der Waals surface area contributed by atoms with E-state index in [0.29, 0.717) is 23.8 Å². The number of fused-ring (bicyclic) bond motifs is 1. The summed E-state index contributed by atoms with van der Waals surface area (Å²) in [6.07, 6.45) is 12.1. The van der Waals surface area contributed by atoms with Gasteiger partial charge in [-0.1, -0.05) is 37.8 Å². The van der Waals surface area contributed by atoms with Gasteiger partial charge in [0.05, 0.1) is 17.8 Å². The molecule has 5 nitrogen and oxygen atoms in total. The molecule has 0 unspecified atom stereocenters. The van der Waals surface area contributed by atoms with Crippen LogP contribution in [0.15, 0.2) is 24.3 Å². The van der Waals surface area contributed by atoms with E-state index in [1.165, 1.54) is 51.4 Å². The van der Waals surface area contributed by atoms with Gasteiger partial charge in [0, 0.05) is 12.1 Å². The van der Waals surface area contributed by atoms with Crippen molar-refractivity contribution in [1.29, 1.82) is 0 Å². The van der Waals surface area contributed by atoms with Crippen molar-refractivity contribution in [3.63, 3.8) is 0 Å². The second kappa shape index (κ2) is 9.08. The van der Waals surface area contributed by atoms with E-state index >= 15 is 0 Å². The molecule has 0 bridgehead atoms. The number of carbonyl (C=O) groups is 2. The molecular weight excluding hydrogens is 350 g/mol. The minimum absolute atomic E-state index is 0.00709. The zero-order chi connectivity index (χ0) is 19.3. The van der Waals surface area contributed by atoms with Gasteiger partial charge in [-0.05, 0) is 63.1 Å². The van der Waals surface area contributed by atoms with E-state index in [1.54, 1.807) is 6.07 Å². The van der Waals surface area contributed by atoms with Gasteiger partial charge in [-0.15, -0.1) is 0 Å². The Hall–Kier alpha value is -1.88. The first-order valence-electron chi connectivity index (χ1n) is 11.1. The Balaban J connectivity index is 1.38. The lowest BCUT2D eigenvalue weighted by Crippen LogP contribution is -2.49. The maximum atomic E-state index is 12.8. The fraction of sp³-hybridized carbons (Fsp3) is 0.652. The Labute approximate surface area is 168 Å². The van der Waals surface area contributed by atoms with Crippen LogP contribution >= 0.6 is 0 Å². The number of nitrogens with zero attached hydrogens (tertiary/aromatic N) is 1. The highest BCUT2D eigenvalue weighted by Gasteiger charge is 2.34. The fourth-order valence-corrected chi connectivity index (χ4v) is 5.42. The fourth-order valence-electron chi connectivity index (χ4n) is 5.42. The molecule has 28 heavy (non-hydrogen) atoms. The molecule has 3 aliphatic rings. The number of likely N-dealkylation sites (tertiary alicyclic amines) is 1. The first kappa shape index (κ1) is 19.4. The molecule has 0 radical (unpaired) electrons. The molecule has 3 fully saturated rings. The molecule has 1 aromatic rings. The summed E-state index contributed by atoms with van der Waals surface area (Å²) in [6, 6.07) is 8.21. The van der Waals surface area contributed by atoms with Crippen molar-refractivity contribution in [2.45, 2.75) is 76.3 Å². The molecule has 1 aliphatic heterocycles. The van der Waals surface area contributed by atoms with Crippen LogP contribution in [0.1, 0.15) is 74.6 Å². The van der Waals surface area contributed by atoms with Crippen LogP contribution in [0.25, 0.3) is 0 Å². The van der Waals surface area contributed by atoms with Crippen LogP contribution in [0.3, 0.4) is 0 Å². The third kappa shape index (κ3) is 4.57. The summed E-state index contributed by atoms with van der Waals surface area (Å²) in [7, 11) is 0. The largest absolute Gasteiger partial charge is 0.349 e. The zero-order valence-corrected chi connectivity index (χ0v) is 16.8. The van der Waals surface area contributed by atoms with Crippen LogP contribution in [-0.4, -0.2) is 41.9 Å². The minimum Gasteiger partial charge on any atom is -0.349 e. The van der Waals surface area contributed by atoms with E-state index in [0.717, 1.165) is 25.3 Å². The molecule has 0 spiro atoms. The summed E-state index contributed by atoms with van der Waals surface area (Å²) in [5.74, 6) is 0.681. The number of hydrogen-bond donors (Lipinski definition) is 2. The van der Waals surface area contributed by atoms with E-state index < -0.39 is 0 Å². The summed E-state index contributed by atoms with van der Waals surface area (Å²) >= 11 is 0. The summed E-state index contributed by atoms with van der Waals surface area (Å²) in [5.41, 5.74) is 1.19. The average Bonchev–Trinajstić information content (AvgIpc) is 3.21. The highest BCUT2D eigenvalue weighted by atomic mass is 16.2. The SMILES string of the molecule is O=C(CN1CCC[C@H]2CCCC[C@@H]21)Nc1ccccc1C(=O)NC1CCCC1. The van der Waals surface area contributed by atoms with Crippen LogP contribution in [0, 0.1) is 5.92 Å². The molecule has 2 saturated carbocycles. The van der Waals surface area contributed by atoms with Gasteiger partial charge in [0.1, 0.15) is 0 Å². The maximum absolute atomic E-state index is 12.8. The van der Waals surface area contributed by atoms with Crippen molar-refractivity contribution in [2.75, 3.05) is 18.4 Å². The Bertz CT molecular complexity index is 697. The number of hydrogen-bond acceptors (Lipinski definition) is 3. The van der Waals surface area contributed by atoms with Gasteiger partial charge in [-0.2, -0.15) is 0 Å². The average molecular weight is 384 g/mol. The van der Waals surface area contributed by atoms with Gasteiger partial charge in [-0.3, -0.25) is 14.5 Å². The van der Waals surface area contributed by atoms with Gasteiger partial charge >= 0.3 is 0 Å². The molecular formula is C23H33N3O2. The van der Waals surface area contributed by atoms with Gasteiger partial charge < -0.3 is 10.6 Å². The third-order valence-corrected chi connectivity index (χ3v) is 6.84. The first-order valence-corrected chi connectivity index (χ1v) is 11.1. The Morgan fingerprint density at radius 1 is 0.929 bits per heavy atom. The van der Waals surface area contributed by atoms with Crippen molar-refractivity contribution in [3.8, 4) is 0 Å². The molecule has 2 amide bonds. The van der Waals surface area contributed by atoms with Gasteiger partial charge in [0.2, 0.25) is 5.91 Å². The number of benzene rings is 1. The standard InChI is InChI=1S/C23H33N3O2/c27-22(16-26-15-7-9-17-8-1-6-14-21(17)26)25-20-13-5-4-12-19(20)23(28)24-18-10-2-3-11-18/h4-5,12-13,17-18,21H,1-3,6-11,14-16H2,(H,24,28)(H,25,27)/t17-,21+/m1/s1. The number of piperidine rings is 1. The van der Waals surface area contributed by atoms with E-state index in [-0.39, 0.29) is 17.9 Å². The third-order valence-electron chi connectivity index (χ3n) is 6.84. The number of rotatable bonds is 5. The monoisotopic (exact) mass is 383 g/mol. The molecule has 1 heterocycles. The summed E-state index contributed by atoms with van der Waals surface area (Å²) in [6.45, 7) is 1.44. The topological polar surface area (TPSA) is 61.4 Å². The molecule has 2 aliphatic carbocycles. The lowest BCUT2D eigenvalue weighted by molar-refractivity contribution is -0.118. The Kier molecular flexibility index (Phi) is 6.30. The van der Waals surface area contributed by atoms with Crippen molar-refractivity contribution in [1.82, 2.24) is 10.2 Å². The quantitative estimate of drug-likeness (QED) is 0.809. The van der Waals surface area contributed by atoms with E-state index in [4.69, 9.17) is 0 Å². The minimum atomic E-state index is -0.0758. The van der Waals surface area contributed by atoms with Crippen molar-refractivity contribution >= 4 is 17.5 Å². The zero-order valence-electron chi connectivity index (χ0n) is 16.8. The number of anilines is 1. The summed E-state index contributed by atoms with van der Waals surface area (Å²) < 4.78 is 0. The van der Waals surface area contributed by atoms with E-state index in [2.05, 4.69) is 15.5 Å². The first-order chi connectivity index (χ1) is 13.7. The summed E-state index contributed by atoms with van der Waals surface area (Å²) in [4.78, 5) is 27.9. The molecule has 4 rings (SSSR count). The normalized spacial score (nSPS) is 25.9. The van der Waals surface area contributed by atoms with Crippen LogP contribution in [-0.2, 0) is 4.79 Å². The van der Waals surface area contributed by atoms with Gasteiger partial charge in [0.25, 0.3) is 5.91 Å². The van der Waals surface area contributed by atoms with Crippen LogP contribution in [0.4, 0.5) is 5.69 Å². The number of amides is 2. The summed E-state index contributed by atoms with van der Waals surface area (Å²) in [5, 5.41) is 6.14. The van der Waals surface area contributed by atoms with Crippen molar-refractivity contribution in [2.24, 2.45) is 5.92 Å². The smallest absolute Gasteiger partial charge is 0.253 e. The highest BCUT2D eigenvalue weighted by molar-refractivity contribution is 6.04. The maximum Gasteiger partial charge on any atom is 0.253 e. The van der Waals surface area contributed by atoms with E-state index in [1.807, 2.05) is 18.2 Å². The van der Waals surface area contributed by atoms with Crippen LogP contribution < -0.4 is 10.6 Å². The lowest BCUT2D eigenvalue weighted by Gasteiger charge is -2.43. The molecule has 1 aromatic carbocycles. The van der Waals surface area contributed by atoms with E-state index in [9.17, 15) is 9.59 Å². The van der Waals surface area contributed by atoms with Crippen molar-refractivity contribution < 1.29 is 9.59 Å². The molecule has 0 aromatic heterocycles. The number of carbonyl (C=O) groups excluding carboxylic acids is 2. The molecule has 1 saturated heterocycles. The molecule has 152 valence electrons. The lowest BCUT2D eigenvalue weighted by atomic mass is 9.78. The molecule has 2 atom stereocenters. The highest BCUT2D eigenvalue weighted by Crippen LogP contribution is 2.35. The molecule has 5 heteroatoms. The van der Waals surface area contributed by atoms with Gasteiger partial charge in [0.15, 0.2) is 0 Å². The second-order valence-corrected chi connectivity index (χ2v) is 8.77. The van der Waals surface area contributed by atoms with Crippen LogP contribution in [0.5, 0.6) is 0 Å². The number of para-hydroxylation sites is 1. The Morgan fingerprint density at radius 3 is 2.50 bits per heavy atom. The number of nitrogens with one attached hydrogen (secondary N) is 2. The predicted molar refractivity (Wildman–Crippen MR) is 111 cm³/mol. The predicted octanol–water partition coefficient (Wildman–Crippen LogP) is 3.95. The van der Waals surface area contributed by atoms with Crippen LogP contribution in [0.2, 0.25) is 0 Å². The second-order valence-electron chi connectivity index (χ2n) is 8.77. The Morgan fingerprint density at radius 2 is 1.64 bits per heavy atom. The molecule has 2 N–H and O–H groups in total.